The molecule has 0 amide bonds. The summed E-state index contributed by atoms with van der Waals surface area (Å²) in [7, 11) is -2.59. The molecule has 0 saturated heterocycles. The number of H-pyrrole nitrogens is 1. The Bertz CT molecular complexity index is 778. The Morgan fingerprint density at radius 3 is 2.67 bits per heavy atom. The van der Waals surface area contributed by atoms with E-state index in [-0.39, 0.29) is 17.1 Å². The Morgan fingerprint density at radius 2 is 2.14 bits per heavy atom. The van der Waals surface area contributed by atoms with Crippen LogP contribution in [-0.2, 0) is 16.6 Å². The second-order valence-electron chi connectivity index (χ2n) is 4.45. The lowest BCUT2D eigenvalue weighted by Crippen LogP contribution is -2.28. The molecule has 8 nitrogen and oxygen atoms in total. The molecule has 2 aromatic rings. The second kappa shape index (κ2) is 5.54. The zero-order valence-corrected chi connectivity index (χ0v) is 13.2. The average Bonchev–Trinajstić information content (AvgIpc) is 2.95. The fourth-order valence-corrected chi connectivity index (χ4v) is 3.86. The van der Waals surface area contributed by atoms with Crippen molar-refractivity contribution in [3.05, 3.63) is 27.5 Å². The zero-order valence-electron chi connectivity index (χ0n) is 11.6. The molecule has 0 bridgehead atoms. The second-order valence-corrected chi connectivity index (χ2v) is 7.49. The van der Waals surface area contributed by atoms with Crippen LogP contribution < -0.4 is 0 Å². The van der Waals surface area contributed by atoms with Crippen molar-refractivity contribution in [2.24, 2.45) is 0 Å². The summed E-state index contributed by atoms with van der Waals surface area (Å²) in [4.78, 5) is 15.0. The van der Waals surface area contributed by atoms with Crippen LogP contribution in [0.25, 0.3) is 0 Å². The highest BCUT2D eigenvalue weighted by Gasteiger charge is 2.31. The molecule has 21 heavy (non-hydrogen) atoms. The number of hydrogen-bond donors (Lipinski definition) is 2. The van der Waals surface area contributed by atoms with E-state index in [9.17, 15) is 13.2 Å². The normalized spacial score (nSPS) is 12.0. The van der Waals surface area contributed by atoms with Crippen LogP contribution in [0, 0.1) is 13.8 Å². The van der Waals surface area contributed by atoms with Crippen molar-refractivity contribution < 1.29 is 18.3 Å². The van der Waals surface area contributed by atoms with E-state index in [1.165, 1.54) is 25.3 Å². The third kappa shape index (κ3) is 2.96. The van der Waals surface area contributed by atoms with Crippen LogP contribution in [-0.4, -0.2) is 46.0 Å². The number of carboxylic acids is 1. The Labute approximate surface area is 125 Å². The molecule has 2 N–H and O–H groups in total. The molecule has 0 radical (unpaired) electrons. The third-order valence-corrected chi connectivity index (χ3v) is 5.60. The predicted molar refractivity (Wildman–Crippen MR) is 75.8 cm³/mol. The number of aryl methyl sites for hydroxylation is 2. The summed E-state index contributed by atoms with van der Waals surface area (Å²) in [6, 6.07) is 0. The summed E-state index contributed by atoms with van der Waals surface area (Å²) in [5.74, 6) is -1.39. The van der Waals surface area contributed by atoms with Crippen LogP contribution in [0.2, 0.25) is 0 Å². The first kappa shape index (κ1) is 15.6. The topological polar surface area (TPSA) is 116 Å². The van der Waals surface area contributed by atoms with E-state index >= 15 is 0 Å². The van der Waals surface area contributed by atoms with E-state index in [4.69, 9.17) is 5.11 Å². The Balaban J connectivity index is 2.37. The van der Waals surface area contributed by atoms with Gasteiger partial charge in [-0.15, -0.1) is 11.3 Å². The van der Waals surface area contributed by atoms with Crippen LogP contribution in [0.4, 0.5) is 0 Å². The predicted octanol–water partition coefficient (Wildman–Crippen LogP) is 1.00. The number of sulfonamides is 1. The van der Waals surface area contributed by atoms with Crippen LogP contribution in [0.5, 0.6) is 0 Å². The van der Waals surface area contributed by atoms with Gasteiger partial charge in [0.25, 0.3) is 0 Å². The van der Waals surface area contributed by atoms with Crippen molar-refractivity contribution in [3.63, 3.8) is 0 Å². The van der Waals surface area contributed by atoms with Gasteiger partial charge >= 0.3 is 5.97 Å². The standard InChI is InChI=1S/C11H14N4O4S2/c1-6-10(9(11(16)17)14-13-6)21(18,19)15(3)4-8-5-20-7(2)12-8/h5H,4H2,1-3H3,(H,13,14)(H,16,17). The molecule has 0 unspecified atom stereocenters. The number of nitrogens with one attached hydrogen (secondary N) is 1. The lowest BCUT2D eigenvalue weighted by molar-refractivity contribution is 0.0686. The average molecular weight is 330 g/mol. The Hall–Kier alpha value is -1.78. The van der Waals surface area contributed by atoms with Crippen molar-refractivity contribution in [2.75, 3.05) is 7.05 Å². The zero-order chi connectivity index (χ0) is 15.8. The molecule has 0 saturated carbocycles. The summed E-state index contributed by atoms with van der Waals surface area (Å²) in [6.07, 6.45) is 0. The third-order valence-electron chi connectivity index (χ3n) is 2.81. The summed E-state index contributed by atoms with van der Waals surface area (Å²) in [6.45, 7) is 3.36. The lowest BCUT2D eigenvalue weighted by atomic mass is 10.4. The summed E-state index contributed by atoms with van der Waals surface area (Å²) >= 11 is 1.42. The summed E-state index contributed by atoms with van der Waals surface area (Å²) in [5, 5.41) is 17.6. The van der Waals surface area contributed by atoms with Gasteiger partial charge in [0.15, 0.2) is 5.69 Å². The van der Waals surface area contributed by atoms with E-state index < -0.39 is 21.7 Å². The number of aromatic amines is 1. The number of rotatable bonds is 5. The SMILES string of the molecule is Cc1nc(CN(C)S(=O)(=O)c2c(C(=O)O)n[nH]c2C)cs1. The van der Waals surface area contributed by atoms with Gasteiger partial charge in [-0.2, -0.15) is 9.40 Å². The lowest BCUT2D eigenvalue weighted by Gasteiger charge is -2.16. The monoisotopic (exact) mass is 330 g/mol. The van der Waals surface area contributed by atoms with Crippen molar-refractivity contribution in [1.82, 2.24) is 19.5 Å². The number of hydrogen-bond acceptors (Lipinski definition) is 6. The molecule has 0 spiro atoms. The first-order chi connectivity index (χ1) is 9.73. The smallest absolute Gasteiger partial charge is 0.357 e. The van der Waals surface area contributed by atoms with Crippen molar-refractivity contribution in [2.45, 2.75) is 25.3 Å². The molecule has 0 aromatic carbocycles. The molecule has 10 heteroatoms. The molecule has 0 atom stereocenters. The fraction of sp³-hybridized carbons (Fsp3) is 0.364. The molecule has 2 rings (SSSR count). The van der Waals surface area contributed by atoms with E-state index in [0.29, 0.717) is 5.69 Å². The quantitative estimate of drug-likeness (QED) is 0.845. The number of carbonyl (C=O) groups is 1. The molecule has 0 fully saturated rings. The number of aromatic nitrogens is 3. The van der Waals surface area contributed by atoms with Crippen molar-refractivity contribution in [1.29, 1.82) is 0 Å². The maximum atomic E-state index is 12.5. The maximum Gasteiger partial charge on any atom is 0.357 e. The van der Waals surface area contributed by atoms with Gasteiger partial charge in [-0.3, -0.25) is 5.10 Å². The number of carboxylic acid groups (broad SMARTS) is 1. The van der Waals surface area contributed by atoms with Crippen LogP contribution in [0.3, 0.4) is 0 Å². The highest BCUT2D eigenvalue weighted by atomic mass is 32.2. The van der Waals surface area contributed by atoms with Gasteiger partial charge in [-0.1, -0.05) is 0 Å². The van der Waals surface area contributed by atoms with Gasteiger partial charge in [0.1, 0.15) is 4.90 Å². The molecule has 114 valence electrons. The van der Waals surface area contributed by atoms with Gasteiger partial charge in [0, 0.05) is 12.4 Å². The van der Waals surface area contributed by atoms with Crippen LogP contribution >= 0.6 is 11.3 Å². The van der Waals surface area contributed by atoms with Crippen molar-refractivity contribution >= 4 is 27.3 Å². The maximum absolute atomic E-state index is 12.5. The molecule has 0 aliphatic carbocycles. The van der Waals surface area contributed by atoms with E-state index in [0.717, 1.165) is 9.31 Å². The molecule has 0 aliphatic rings. The summed E-state index contributed by atoms with van der Waals surface area (Å²) < 4.78 is 26.1. The van der Waals surface area contributed by atoms with Crippen LogP contribution in [0.1, 0.15) is 26.9 Å². The number of thiazole rings is 1. The first-order valence-corrected chi connectivity index (χ1v) is 8.21. The first-order valence-electron chi connectivity index (χ1n) is 5.89. The Kier molecular flexibility index (Phi) is 4.12. The van der Waals surface area contributed by atoms with Gasteiger partial charge < -0.3 is 5.11 Å². The summed E-state index contributed by atoms with van der Waals surface area (Å²) in [5.41, 5.74) is 0.295. The van der Waals surface area contributed by atoms with E-state index in [2.05, 4.69) is 15.2 Å². The molecule has 0 aliphatic heterocycles. The van der Waals surface area contributed by atoms with E-state index in [1.807, 2.05) is 6.92 Å². The Morgan fingerprint density at radius 1 is 1.48 bits per heavy atom. The van der Waals surface area contributed by atoms with Crippen LogP contribution in [0.15, 0.2) is 10.3 Å². The number of aromatic carboxylic acids is 1. The minimum Gasteiger partial charge on any atom is -0.476 e. The molecule has 2 heterocycles. The fourth-order valence-electron chi connectivity index (χ4n) is 1.83. The highest BCUT2D eigenvalue weighted by Crippen LogP contribution is 2.23. The van der Waals surface area contributed by atoms with Gasteiger partial charge in [0.2, 0.25) is 10.0 Å². The molecular formula is C11H14N4O4S2. The van der Waals surface area contributed by atoms with Gasteiger partial charge in [-0.05, 0) is 13.8 Å². The molecular weight excluding hydrogens is 316 g/mol. The molecule has 2 aromatic heterocycles. The minimum absolute atomic E-state index is 0.0658. The highest BCUT2D eigenvalue weighted by molar-refractivity contribution is 7.89. The van der Waals surface area contributed by atoms with Gasteiger partial charge in [-0.25, -0.2) is 18.2 Å². The van der Waals surface area contributed by atoms with Gasteiger partial charge in [0.05, 0.1) is 22.9 Å². The van der Waals surface area contributed by atoms with E-state index in [1.54, 1.807) is 5.38 Å². The largest absolute Gasteiger partial charge is 0.476 e. The minimum atomic E-state index is -3.97. The van der Waals surface area contributed by atoms with Crippen molar-refractivity contribution in [3.8, 4) is 0 Å². The number of nitrogens with zero attached hydrogens (tertiary/aromatic N) is 3.